The van der Waals surface area contributed by atoms with Crippen molar-refractivity contribution in [1.29, 1.82) is 0 Å². The molecule has 0 radical (unpaired) electrons. The van der Waals surface area contributed by atoms with E-state index in [-0.39, 0.29) is 0 Å². The minimum absolute atomic E-state index is 0.808. The normalized spacial score (nSPS) is 11.0. The van der Waals surface area contributed by atoms with Crippen LogP contribution in [-0.4, -0.2) is 26.2 Å². The van der Waals surface area contributed by atoms with Crippen LogP contribution in [0.5, 0.6) is 5.75 Å². The fourth-order valence-electron chi connectivity index (χ4n) is 3.85. The van der Waals surface area contributed by atoms with Gasteiger partial charge in [0.25, 0.3) is 0 Å². The van der Waals surface area contributed by atoms with E-state index in [9.17, 15) is 0 Å². The molecule has 0 aliphatic rings. The van der Waals surface area contributed by atoms with E-state index in [1.807, 2.05) is 6.20 Å². The Morgan fingerprint density at radius 1 is 0.900 bits per heavy atom. The molecule has 0 amide bonds. The number of aromatic nitrogens is 1. The van der Waals surface area contributed by atoms with E-state index in [0.29, 0.717) is 0 Å². The van der Waals surface area contributed by atoms with Crippen molar-refractivity contribution in [2.45, 2.75) is 20.3 Å². The molecule has 4 aromatic rings. The van der Waals surface area contributed by atoms with Gasteiger partial charge in [-0.15, -0.1) is 0 Å². The summed E-state index contributed by atoms with van der Waals surface area (Å²) in [5.41, 5.74) is 8.39. The molecule has 152 valence electrons. The molecule has 1 heterocycles. The maximum atomic E-state index is 5.76. The molecule has 30 heavy (non-hydrogen) atoms. The number of fused-ring (bicyclic) bond motifs is 1. The van der Waals surface area contributed by atoms with Crippen molar-refractivity contribution in [2.75, 3.05) is 26.1 Å². The zero-order valence-corrected chi connectivity index (χ0v) is 18.4. The SMILES string of the molecule is COc1cc2ccnc(Cc3ccc(C)c(C)c3)c2cc1-c1cccc(N(C)C)c1. The summed E-state index contributed by atoms with van der Waals surface area (Å²) in [6, 6.07) is 21.6. The van der Waals surface area contributed by atoms with E-state index in [0.717, 1.165) is 40.1 Å². The smallest absolute Gasteiger partial charge is 0.127 e. The third-order valence-electron chi connectivity index (χ3n) is 5.78. The summed E-state index contributed by atoms with van der Waals surface area (Å²) in [7, 11) is 5.85. The molecule has 4 rings (SSSR count). The number of methoxy groups -OCH3 is 1. The highest BCUT2D eigenvalue weighted by Gasteiger charge is 2.13. The zero-order chi connectivity index (χ0) is 21.3. The second kappa shape index (κ2) is 8.19. The Bertz CT molecular complexity index is 1210. The van der Waals surface area contributed by atoms with Crippen LogP contribution in [0, 0.1) is 13.8 Å². The second-order valence-corrected chi connectivity index (χ2v) is 8.07. The predicted molar refractivity (Wildman–Crippen MR) is 127 cm³/mol. The molecule has 0 unspecified atom stereocenters. The summed E-state index contributed by atoms with van der Waals surface area (Å²) in [5.74, 6) is 0.877. The lowest BCUT2D eigenvalue weighted by Gasteiger charge is -2.16. The first-order valence-electron chi connectivity index (χ1n) is 10.3. The quantitative estimate of drug-likeness (QED) is 0.402. The van der Waals surface area contributed by atoms with E-state index in [1.54, 1.807) is 7.11 Å². The van der Waals surface area contributed by atoms with Crippen LogP contribution in [-0.2, 0) is 6.42 Å². The van der Waals surface area contributed by atoms with E-state index in [2.05, 4.69) is 93.5 Å². The Morgan fingerprint density at radius 3 is 2.47 bits per heavy atom. The standard InChI is InChI=1S/C27H28N2O/c1-18-9-10-20(13-19(18)2)14-26-24-17-25(21-7-6-8-23(15-21)29(3)4)27(30-5)16-22(24)11-12-28-26/h6-13,15-17H,14H2,1-5H3. The topological polar surface area (TPSA) is 25.4 Å². The van der Waals surface area contributed by atoms with Crippen molar-refractivity contribution >= 4 is 16.5 Å². The Balaban J connectivity index is 1.85. The lowest BCUT2D eigenvalue weighted by molar-refractivity contribution is 0.417. The van der Waals surface area contributed by atoms with Crippen LogP contribution < -0.4 is 9.64 Å². The van der Waals surface area contributed by atoms with Gasteiger partial charge < -0.3 is 9.64 Å². The predicted octanol–water partition coefficient (Wildman–Crippen LogP) is 6.18. The van der Waals surface area contributed by atoms with E-state index in [4.69, 9.17) is 9.72 Å². The highest BCUT2D eigenvalue weighted by molar-refractivity contribution is 5.92. The van der Waals surface area contributed by atoms with Gasteiger partial charge >= 0.3 is 0 Å². The lowest BCUT2D eigenvalue weighted by Crippen LogP contribution is -2.08. The number of hydrogen-bond acceptors (Lipinski definition) is 3. The average Bonchev–Trinajstić information content (AvgIpc) is 2.75. The molecule has 0 atom stereocenters. The molecule has 3 aromatic carbocycles. The highest BCUT2D eigenvalue weighted by Crippen LogP contribution is 2.36. The van der Waals surface area contributed by atoms with Crippen molar-refractivity contribution in [2.24, 2.45) is 0 Å². The van der Waals surface area contributed by atoms with Gasteiger partial charge in [0.1, 0.15) is 5.75 Å². The van der Waals surface area contributed by atoms with Gasteiger partial charge in [-0.3, -0.25) is 4.98 Å². The largest absolute Gasteiger partial charge is 0.496 e. The Hall–Kier alpha value is -3.33. The van der Waals surface area contributed by atoms with Crippen LogP contribution >= 0.6 is 0 Å². The van der Waals surface area contributed by atoms with Crippen LogP contribution in [0.4, 0.5) is 5.69 Å². The highest BCUT2D eigenvalue weighted by atomic mass is 16.5. The Kier molecular flexibility index (Phi) is 5.45. The van der Waals surface area contributed by atoms with Crippen molar-refractivity contribution < 1.29 is 4.74 Å². The van der Waals surface area contributed by atoms with Crippen LogP contribution in [0.3, 0.4) is 0 Å². The number of rotatable bonds is 5. The summed E-state index contributed by atoms with van der Waals surface area (Å²) in [6.45, 7) is 4.31. The molecular formula is C27H28N2O. The first-order chi connectivity index (χ1) is 14.5. The molecule has 1 aromatic heterocycles. The molecule has 0 saturated heterocycles. The fraction of sp³-hybridized carbons (Fsp3) is 0.222. The van der Waals surface area contributed by atoms with Crippen LogP contribution in [0.1, 0.15) is 22.4 Å². The zero-order valence-electron chi connectivity index (χ0n) is 18.4. The van der Waals surface area contributed by atoms with Crippen LogP contribution in [0.2, 0.25) is 0 Å². The number of hydrogen-bond donors (Lipinski definition) is 0. The molecule has 0 fully saturated rings. The number of benzene rings is 3. The first kappa shape index (κ1) is 20.0. The summed E-state index contributed by atoms with van der Waals surface area (Å²) in [6.07, 6.45) is 2.70. The average molecular weight is 397 g/mol. The third-order valence-corrected chi connectivity index (χ3v) is 5.78. The van der Waals surface area contributed by atoms with Crippen molar-refractivity contribution in [3.63, 3.8) is 0 Å². The van der Waals surface area contributed by atoms with Crippen LogP contribution in [0.15, 0.2) is 66.9 Å². The third kappa shape index (κ3) is 3.88. The molecular weight excluding hydrogens is 368 g/mol. The van der Waals surface area contributed by atoms with Gasteiger partial charge in [-0.25, -0.2) is 0 Å². The maximum absolute atomic E-state index is 5.76. The monoisotopic (exact) mass is 396 g/mol. The van der Waals surface area contributed by atoms with Gasteiger partial charge in [-0.05, 0) is 71.8 Å². The van der Waals surface area contributed by atoms with Gasteiger partial charge in [0.2, 0.25) is 0 Å². The lowest BCUT2D eigenvalue weighted by atomic mass is 9.96. The summed E-state index contributed by atoms with van der Waals surface area (Å²) in [4.78, 5) is 6.86. The van der Waals surface area contributed by atoms with Crippen molar-refractivity contribution in [1.82, 2.24) is 4.98 Å². The Labute approximate surface area is 179 Å². The summed E-state index contributed by atoms with van der Waals surface area (Å²) < 4.78 is 5.76. The molecule has 0 saturated carbocycles. The van der Waals surface area contributed by atoms with Gasteiger partial charge in [0.05, 0.1) is 12.8 Å². The number of aryl methyl sites for hydroxylation is 2. The van der Waals surface area contributed by atoms with Gasteiger partial charge in [-0.2, -0.15) is 0 Å². The summed E-state index contributed by atoms with van der Waals surface area (Å²) >= 11 is 0. The van der Waals surface area contributed by atoms with Crippen LogP contribution in [0.25, 0.3) is 21.9 Å². The van der Waals surface area contributed by atoms with Gasteiger partial charge in [0, 0.05) is 43.4 Å². The molecule has 3 nitrogen and oxygen atoms in total. The van der Waals surface area contributed by atoms with Gasteiger partial charge in [0.15, 0.2) is 0 Å². The maximum Gasteiger partial charge on any atom is 0.127 e. The van der Waals surface area contributed by atoms with Crippen molar-refractivity contribution in [3.8, 4) is 16.9 Å². The van der Waals surface area contributed by atoms with Gasteiger partial charge in [-0.1, -0.05) is 30.3 Å². The molecule has 0 bridgehead atoms. The van der Waals surface area contributed by atoms with Crippen molar-refractivity contribution in [3.05, 3.63) is 89.2 Å². The number of pyridine rings is 1. The summed E-state index contributed by atoms with van der Waals surface area (Å²) in [5, 5.41) is 2.31. The molecule has 0 N–H and O–H groups in total. The molecule has 3 heteroatoms. The number of nitrogens with zero attached hydrogens (tertiary/aromatic N) is 2. The van der Waals surface area contributed by atoms with E-state index < -0.39 is 0 Å². The number of anilines is 1. The second-order valence-electron chi connectivity index (χ2n) is 8.07. The Morgan fingerprint density at radius 2 is 1.73 bits per heavy atom. The number of ether oxygens (including phenoxy) is 1. The first-order valence-corrected chi connectivity index (χ1v) is 10.3. The molecule has 0 aliphatic heterocycles. The van der Waals surface area contributed by atoms with E-state index >= 15 is 0 Å². The molecule has 0 spiro atoms. The minimum Gasteiger partial charge on any atom is -0.496 e. The molecule has 0 aliphatic carbocycles. The fourth-order valence-corrected chi connectivity index (χ4v) is 3.85. The van der Waals surface area contributed by atoms with E-state index in [1.165, 1.54) is 22.1 Å². The minimum atomic E-state index is 0.808.